The summed E-state index contributed by atoms with van der Waals surface area (Å²) in [5.41, 5.74) is 1.31. The SMILES string of the molecule is Cc1ccc(C(=O)N2CCCC3(CCCN3Cc3ccc(F)cc3)CC2)o1. The summed E-state index contributed by atoms with van der Waals surface area (Å²) in [4.78, 5) is 17.3. The molecular formula is C22H27FN2O2. The summed E-state index contributed by atoms with van der Waals surface area (Å²) in [6.07, 6.45) is 5.46. The molecule has 0 N–H and O–H groups in total. The van der Waals surface area contributed by atoms with Crippen molar-refractivity contribution in [3.05, 3.63) is 59.3 Å². The molecule has 5 heteroatoms. The second-order valence-corrected chi connectivity index (χ2v) is 7.93. The molecule has 2 aromatic rings. The van der Waals surface area contributed by atoms with Gasteiger partial charge >= 0.3 is 0 Å². The smallest absolute Gasteiger partial charge is 0.289 e. The van der Waals surface area contributed by atoms with Crippen molar-refractivity contribution in [2.24, 2.45) is 0 Å². The van der Waals surface area contributed by atoms with Crippen LogP contribution in [-0.2, 0) is 6.54 Å². The van der Waals surface area contributed by atoms with Crippen molar-refractivity contribution >= 4 is 5.91 Å². The molecule has 1 spiro atoms. The van der Waals surface area contributed by atoms with Gasteiger partial charge in [-0.2, -0.15) is 0 Å². The van der Waals surface area contributed by atoms with Gasteiger partial charge in [0.1, 0.15) is 11.6 Å². The van der Waals surface area contributed by atoms with Crippen LogP contribution in [0.15, 0.2) is 40.8 Å². The third kappa shape index (κ3) is 3.79. The lowest BCUT2D eigenvalue weighted by Crippen LogP contribution is -2.44. The Bertz CT molecular complexity index is 801. The van der Waals surface area contributed by atoms with Crippen LogP contribution < -0.4 is 0 Å². The number of furan rings is 1. The number of amides is 1. The first-order chi connectivity index (χ1) is 13.1. The van der Waals surface area contributed by atoms with Crippen LogP contribution in [0.4, 0.5) is 4.39 Å². The molecule has 1 amide bonds. The van der Waals surface area contributed by atoms with Crippen molar-refractivity contribution in [2.45, 2.75) is 51.1 Å². The van der Waals surface area contributed by atoms with Crippen molar-refractivity contribution in [1.29, 1.82) is 0 Å². The Labute approximate surface area is 159 Å². The van der Waals surface area contributed by atoms with Crippen molar-refractivity contribution in [3.63, 3.8) is 0 Å². The fourth-order valence-electron chi connectivity index (χ4n) is 4.70. The number of aryl methyl sites for hydroxylation is 1. The second kappa shape index (κ2) is 7.47. The van der Waals surface area contributed by atoms with E-state index in [1.165, 1.54) is 25.0 Å². The van der Waals surface area contributed by atoms with Crippen LogP contribution in [0.5, 0.6) is 0 Å². The van der Waals surface area contributed by atoms with Crippen molar-refractivity contribution < 1.29 is 13.6 Å². The highest BCUT2D eigenvalue weighted by molar-refractivity contribution is 5.91. The van der Waals surface area contributed by atoms with E-state index in [-0.39, 0.29) is 17.3 Å². The molecule has 144 valence electrons. The van der Waals surface area contributed by atoms with Gasteiger partial charge < -0.3 is 9.32 Å². The number of rotatable bonds is 3. The second-order valence-electron chi connectivity index (χ2n) is 7.93. The lowest BCUT2D eigenvalue weighted by molar-refractivity contribution is 0.0706. The zero-order valence-corrected chi connectivity index (χ0v) is 15.9. The van der Waals surface area contributed by atoms with E-state index in [1.54, 1.807) is 6.07 Å². The van der Waals surface area contributed by atoms with Crippen LogP contribution in [-0.4, -0.2) is 40.9 Å². The van der Waals surface area contributed by atoms with Gasteiger partial charge in [-0.25, -0.2) is 4.39 Å². The number of halogens is 1. The predicted octanol–water partition coefficient (Wildman–Crippen LogP) is 4.39. The Morgan fingerprint density at radius 3 is 2.48 bits per heavy atom. The van der Waals surface area contributed by atoms with E-state index in [9.17, 15) is 9.18 Å². The number of hydrogen-bond donors (Lipinski definition) is 0. The van der Waals surface area contributed by atoms with Gasteiger partial charge in [0, 0.05) is 25.2 Å². The van der Waals surface area contributed by atoms with Crippen LogP contribution in [0.2, 0.25) is 0 Å². The summed E-state index contributed by atoms with van der Waals surface area (Å²) in [6.45, 7) is 5.33. The van der Waals surface area contributed by atoms with E-state index < -0.39 is 0 Å². The van der Waals surface area contributed by atoms with Crippen LogP contribution in [0.1, 0.15) is 54.0 Å². The number of likely N-dealkylation sites (tertiary alicyclic amines) is 2. The fraction of sp³-hybridized carbons (Fsp3) is 0.500. The van der Waals surface area contributed by atoms with Crippen LogP contribution in [0.25, 0.3) is 0 Å². The van der Waals surface area contributed by atoms with Gasteiger partial charge in [0.05, 0.1) is 0 Å². The minimum absolute atomic E-state index is 0.00299. The summed E-state index contributed by atoms with van der Waals surface area (Å²) >= 11 is 0. The van der Waals surface area contributed by atoms with Crippen LogP contribution in [0.3, 0.4) is 0 Å². The van der Waals surface area contributed by atoms with Gasteiger partial charge in [-0.3, -0.25) is 9.69 Å². The molecule has 4 rings (SSSR count). The van der Waals surface area contributed by atoms with E-state index in [0.717, 1.165) is 56.8 Å². The highest BCUT2D eigenvalue weighted by Gasteiger charge is 2.42. The molecule has 0 radical (unpaired) electrons. The minimum Gasteiger partial charge on any atom is -0.456 e. The molecule has 2 fully saturated rings. The Morgan fingerprint density at radius 2 is 1.78 bits per heavy atom. The maximum atomic E-state index is 13.2. The molecule has 0 aliphatic carbocycles. The molecular weight excluding hydrogens is 343 g/mol. The molecule has 3 heterocycles. The van der Waals surface area contributed by atoms with Crippen LogP contribution in [0, 0.1) is 12.7 Å². The van der Waals surface area contributed by atoms with Gasteiger partial charge in [-0.05, 0) is 75.4 Å². The maximum Gasteiger partial charge on any atom is 0.289 e. The first-order valence-electron chi connectivity index (χ1n) is 9.91. The molecule has 1 aromatic carbocycles. The number of carbonyl (C=O) groups excluding carboxylic acids is 1. The number of carbonyl (C=O) groups is 1. The van der Waals surface area contributed by atoms with Crippen molar-refractivity contribution in [1.82, 2.24) is 9.80 Å². The van der Waals surface area contributed by atoms with Gasteiger partial charge in [0.15, 0.2) is 5.76 Å². The summed E-state index contributed by atoms with van der Waals surface area (Å²) in [7, 11) is 0. The summed E-state index contributed by atoms with van der Waals surface area (Å²) in [6, 6.07) is 10.5. The number of nitrogens with zero attached hydrogens (tertiary/aromatic N) is 2. The number of hydrogen-bond acceptors (Lipinski definition) is 3. The summed E-state index contributed by atoms with van der Waals surface area (Å²) in [5, 5.41) is 0. The first kappa shape index (κ1) is 18.2. The van der Waals surface area contributed by atoms with E-state index in [1.807, 2.05) is 30.0 Å². The molecule has 2 aliphatic heterocycles. The Hall–Kier alpha value is -2.14. The lowest BCUT2D eigenvalue weighted by Gasteiger charge is -2.38. The molecule has 2 saturated heterocycles. The fourth-order valence-corrected chi connectivity index (χ4v) is 4.70. The Balaban J connectivity index is 1.45. The molecule has 1 unspecified atom stereocenters. The molecule has 0 bridgehead atoms. The van der Waals surface area contributed by atoms with E-state index in [4.69, 9.17) is 4.42 Å². The molecule has 0 saturated carbocycles. The average Bonchev–Trinajstić information content (AvgIpc) is 3.19. The molecule has 4 nitrogen and oxygen atoms in total. The van der Waals surface area contributed by atoms with Crippen LogP contribution >= 0.6 is 0 Å². The quantitative estimate of drug-likeness (QED) is 0.804. The van der Waals surface area contributed by atoms with E-state index >= 15 is 0 Å². The van der Waals surface area contributed by atoms with E-state index in [0.29, 0.717) is 5.76 Å². The third-order valence-corrected chi connectivity index (χ3v) is 6.18. The summed E-state index contributed by atoms with van der Waals surface area (Å²) in [5.74, 6) is 1.03. The topological polar surface area (TPSA) is 36.7 Å². The van der Waals surface area contributed by atoms with Gasteiger partial charge in [0.25, 0.3) is 5.91 Å². The Kier molecular flexibility index (Phi) is 5.04. The Morgan fingerprint density at radius 1 is 1.04 bits per heavy atom. The van der Waals surface area contributed by atoms with Gasteiger partial charge in [-0.15, -0.1) is 0 Å². The summed E-state index contributed by atoms with van der Waals surface area (Å²) < 4.78 is 18.7. The molecule has 2 aliphatic rings. The molecule has 27 heavy (non-hydrogen) atoms. The predicted molar refractivity (Wildman–Crippen MR) is 102 cm³/mol. The van der Waals surface area contributed by atoms with Crippen molar-refractivity contribution in [2.75, 3.05) is 19.6 Å². The van der Waals surface area contributed by atoms with E-state index in [2.05, 4.69) is 4.90 Å². The maximum absolute atomic E-state index is 13.2. The zero-order chi connectivity index (χ0) is 18.9. The lowest BCUT2D eigenvalue weighted by atomic mass is 9.87. The standard InChI is InChI=1S/C22H27FN2O2/c1-17-4-9-20(27-17)21(26)24-13-2-10-22(12-15-24)11-3-14-25(22)16-18-5-7-19(23)8-6-18/h4-9H,2-3,10-16H2,1H3. The highest BCUT2D eigenvalue weighted by atomic mass is 19.1. The minimum atomic E-state index is -0.188. The third-order valence-electron chi connectivity index (χ3n) is 6.18. The molecule has 1 atom stereocenters. The largest absolute Gasteiger partial charge is 0.456 e. The first-order valence-corrected chi connectivity index (χ1v) is 9.91. The average molecular weight is 370 g/mol. The van der Waals surface area contributed by atoms with Gasteiger partial charge in [-0.1, -0.05) is 12.1 Å². The zero-order valence-electron chi connectivity index (χ0n) is 15.9. The monoisotopic (exact) mass is 370 g/mol. The van der Waals surface area contributed by atoms with Gasteiger partial charge in [0.2, 0.25) is 0 Å². The van der Waals surface area contributed by atoms with Crippen molar-refractivity contribution in [3.8, 4) is 0 Å². The highest BCUT2D eigenvalue weighted by Crippen LogP contribution is 2.39. The normalized spacial score (nSPS) is 23.7. The number of benzene rings is 1. The molecule has 1 aromatic heterocycles.